The van der Waals surface area contributed by atoms with Crippen molar-refractivity contribution in [2.45, 2.75) is 51.4 Å². The number of aliphatic hydroxyl groups excluding tert-OH is 1. The van der Waals surface area contributed by atoms with Crippen molar-refractivity contribution < 1.29 is 9.84 Å². The predicted octanol–water partition coefficient (Wildman–Crippen LogP) is 1.09. The van der Waals surface area contributed by atoms with Gasteiger partial charge in [0.25, 0.3) is 0 Å². The summed E-state index contributed by atoms with van der Waals surface area (Å²) < 4.78 is 7.55. The van der Waals surface area contributed by atoms with Gasteiger partial charge in [0.05, 0.1) is 30.6 Å². The molecule has 0 radical (unpaired) electrons. The van der Waals surface area contributed by atoms with Crippen LogP contribution in [0.1, 0.15) is 39.7 Å². The number of hydrogen-bond acceptors (Lipinski definition) is 5. The Bertz CT molecular complexity index is 380. The number of ether oxygens (including phenoxy) is 1. The Morgan fingerprint density at radius 3 is 2.60 bits per heavy atom. The van der Waals surface area contributed by atoms with Gasteiger partial charge in [-0.2, -0.15) is 0 Å². The predicted molar refractivity (Wildman–Crippen MR) is 76.4 cm³/mol. The van der Waals surface area contributed by atoms with Crippen LogP contribution >= 0.6 is 0 Å². The molecule has 0 amide bonds. The lowest BCUT2D eigenvalue weighted by molar-refractivity contribution is -0.0578. The van der Waals surface area contributed by atoms with Gasteiger partial charge < -0.3 is 14.7 Å². The van der Waals surface area contributed by atoms with E-state index in [0.29, 0.717) is 19.2 Å². The van der Waals surface area contributed by atoms with Crippen LogP contribution in [0.25, 0.3) is 0 Å². The van der Waals surface area contributed by atoms with Gasteiger partial charge in [-0.25, -0.2) is 4.68 Å². The maximum Gasteiger partial charge on any atom is 0.0900 e. The molecule has 1 saturated heterocycles. The van der Waals surface area contributed by atoms with Gasteiger partial charge in [-0.1, -0.05) is 5.21 Å². The summed E-state index contributed by atoms with van der Waals surface area (Å²) in [6.07, 6.45) is 5.33. The largest absolute Gasteiger partial charge is 0.389 e. The fraction of sp³-hybridized carbons (Fsp3) is 0.857. The molecule has 1 atom stereocenters. The monoisotopic (exact) mass is 282 g/mol. The first-order valence-electron chi connectivity index (χ1n) is 7.34. The van der Waals surface area contributed by atoms with Crippen molar-refractivity contribution in [3.63, 3.8) is 0 Å². The van der Waals surface area contributed by atoms with Crippen LogP contribution in [0, 0.1) is 0 Å². The van der Waals surface area contributed by atoms with Crippen molar-refractivity contribution in [3.05, 3.63) is 12.4 Å². The smallest absolute Gasteiger partial charge is 0.0900 e. The van der Waals surface area contributed by atoms with Gasteiger partial charge >= 0.3 is 0 Å². The van der Waals surface area contributed by atoms with Crippen LogP contribution in [0.15, 0.2) is 12.4 Å². The van der Waals surface area contributed by atoms with E-state index in [2.05, 4.69) is 15.2 Å². The SMILES string of the molecule is CC(C)(C)OCC(O)CN1CCC(n2ccnn2)CC1. The van der Waals surface area contributed by atoms with Gasteiger partial charge in [-0.15, -0.1) is 5.10 Å². The molecule has 1 fully saturated rings. The lowest BCUT2D eigenvalue weighted by Crippen LogP contribution is -2.41. The summed E-state index contributed by atoms with van der Waals surface area (Å²) in [5.74, 6) is 0. The molecule has 6 heteroatoms. The van der Waals surface area contributed by atoms with E-state index in [4.69, 9.17) is 4.74 Å². The summed E-state index contributed by atoms with van der Waals surface area (Å²) in [5.41, 5.74) is -0.193. The molecular formula is C14H26N4O2. The molecule has 0 saturated carbocycles. The molecule has 0 aromatic carbocycles. The molecular weight excluding hydrogens is 256 g/mol. The maximum atomic E-state index is 10.0. The van der Waals surface area contributed by atoms with Crippen molar-refractivity contribution in [1.82, 2.24) is 19.9 Å². The standard InChI is InChI=1S/C14H26N4O2/c1-14(2,3)20-11-13(19)10-17-7-4-12(5-8-17)18-9-6-15-16-18/h6,9,12-13,19H,4-5,7-8,10-11H2,1-3H3. The third-order valence-electron chi connectivity index (χ3n) is 3.55. The second-order valence-corrected chi connectivity index (χ2v) is 6.49. The minimum atomic E-state index is -0.419. The number of piperidine rings is 1. The van der Waals surface area contributed by atoms with Crippen LogP contribution < -0.4 is 0 Å². The average molecular weight is 282 g/mol. The third-order valence-corrected chi connectivity index (χ3v) is 3.55. The molecule has 2 rings (SSSR count). The quantitative estimate of drug-likeness (QED) is 0.876. The van der Waals surface area contributed by atoms with E-state index >= 15 is 0 Å². The van der Waals surface area contributed by atoms with E-state index in [1.807, 2.05) is 31.6 Å². The summed E-state index contributed by atoms with van der Waals surface area (Å²) in [5, 5.41) is 17.9. The lowest BCUT2D eigenvalue weighted by Gasteiger charge is -2.33. The van der Waals surface area contributed by atoms with Crippen molar-refractivity contribution in [2.75, 3.05) is 26.2 Å². The second kappa shape index (κ2) is 6.65. The van der Waals surface area contributed by atoms with Gasteiger partial charge in [0.15, 0.2) is 0 Å². The Morgan fingerprint density at radius 2 is 2.05 bits per heavy atom. The van der Waals surface area contributed by atoms with Gasteiger partial charge in [0, 0.05) is 25.8 Å². The summed E-state index contributed by atoms with van der Waals surface area (Å²) in [6, 6.07) is 0.441. The molecule has 1 aromatic heterocycles. The van der Waals surface area contributed by atoms with Crippen LogP contribution in [-0.4, -0.2) is 62.9 Å². The first-order chi connectivity index (χ1) is 9.44. The van der Waals surface area contributed by atoms with Crippen LogP contribution in [0.3, 0.4) is 0 Å². The van der Waals surface area contributed by atoms with Crippen molar-refractivity contribution >= 4 is 0 Å². The zero-order valence-corrected chi connectivity index (χ0v) is 12.7. The van der Waals surface area contributed by atoms with E-state index < -0.39 is 6.10 Å². The third kappa shape index (κ3) is 4.85. The van der Waals surface area contributed by atoms with Crippen LogP contribution in [0.5, 0.6) is 0 Å². The molecule has 1 N–H and O–H groups in total. The fourth-order valence-corrected chi connectivity index (χ4v) is 2.48. The van der Waals surface area contributed by atoms with E-state index in [1.165, 1.54) is 0 Å². The Morgan fingerprint density at radius 1 is 1.35 bits per heavy atom. The number of hydrogen-bond donors (Lipinski definition) is 1. The topological polar surface area (TPSA) is 63.4 Å². The average Bonchev–Trinajstić information content (AvgIpc) is 2.90. The Hall–Kier alpha value is -0.980. The van der Waals surface area contributed by atoms with Crippen molar-refractivity contribution in [3.8, 4) is 0 Å². The van der Waals surface area contributed by atoms with Gasteiger partial charge in [-0.3, -0.25) is 0 Å². The molecule has 1 aliphatic rings. The highest BCUT2D eigenvalue weighted by Crippen LogP contribution is 2.21. The molecule has 20 heavy (non-hydrogen) atoms. The molecule has 6 nitrogen and oxygen atoms in total. The number of nitrogens with zero attached hydrogens (tertiary/aromatic N) is 4. The van der Waals surface area contributed by atoms with Crippen LogP contribution in [0.2, 0.25) is 0 Å². The molecule has 0 spiro atoms. The number of rotatable bonds is 5. The second-order valence-electron chi connectivity index (χ2n) is 6.49. The number of aromatic nitrogens is 3. The molecule has 2 heterocycles. The first kappa shape index (κ1) is 15.4. The highest BCUT2D eigenvalue weighted by atomic mass is 16.5. The zero-order valence-electron chi connectivity index (χ0n) is 12.7. The van der Waals surface area contributed by atoms with E-state index in [-0.39, 0.29) is 5.60 Å². The minimum absolute atomic E-state index is 0.193. The molecule has 1 aromatic rings. The normalized spacial score (nSPS) is 20.2. The van der Waals surface area contributed by atoms with Crippen molar-refractivity contribution in [2.24, 2.45) is 0 Å². The Kier molecular flexibility index (Phi) is 5.12. The summed E-state index contributed by atoms with van der Waals surface area (Å²) in [4.78, 5) is 2.30. The van der Waals surface area contributed by atoms with Crippen molar-refractivity contribution in [1.29, 1.82) is 0 Å². The molecule has 1 aliphatic heterocycles. The highest BCUT2D eigenvalue weighted by molar-refractivity contribution is 4.80. The Labute approximate surface area is 120 Å². The number of likely N-dealkylation sites (tertiary alicyclic amines) is 1. The van der Waals surface area contributed by atoms with E-state index in [0.717, 1.165) is 25.9 Å². The summed E-state index contributed by atoms with van der Waals surface area (Å²) >= 11 is 0. The maximum absolute atomic E-state index is 10.0. The minimum Gasteiger partial charge on any atom is -0.389 e. The number of aliphatic hydroxyl groups is 1. The molecule has 114 valence electrons. The van der Waals surface area contributed by atoms with Crippen LogP contribution in [-0.2, 0) is 4.74 Å². The molecule has 1 unspecified atom stereocenters. The van der Waals surface area contributed by atoms with E-state index in [1.54, 1.807) is 6.20 Å². The van der Waals surface area contributed by atoms with Gasteiger partial charge in [0.1, 0.15) is 0 Å². The first-order valence-corrected chi connectivity index (χ1v) is 7.34. The summed E-state index contributed by atoms with van der Waals surface area (Å²) in [6.45, 7) is 9.05. The van der Waals surface area contributed by atoms with E-state index in [9.17, 15) is 5.11 Å². The molecule has 0 aliphatic carbocycles. The zero-order chi connectivity index (χ0) is 14.6. The lowest BCUT2D eigenvalue weighted by atomic mass is 10.0. The fourth-order valence-electron chi connectivity index (χ4n) is 2.48. The van der Waals surface area contributed by atoms with Gasteiger partial charge in [0.2, 0.25) is 0 Å². The summed E-state index contributed by atoms with van der Waals surface area (Å²) in [7, 11) is 0. The molecule has 0 bridgehead atoms. The Balaban J connectivity index is 1.69. The van der Waals surface area contributed by atoms with Gasteiger partial charge in [-0.05, 0) is 33.6 Å². The van der Waals surface area contributed by atoms with Crippen LogP contribution in [0.4, 0.5) is 0 Å². The number of β-amino-alcohol motifs (C(OH)–C–C–N with tert-alkyl or cyclic N) is 1. The highest BCUT2D eigenvalue weighted by Gasteiger charge is 2.23.